The number of carbonyl (C=O) groups excluding carboxylic acids is 2. The molecule has 1 rings (SSSR count). The number of rotatable bonds is 4. The van der Waals surface area contributed by atoms with E-state index in [-0.39, 0.29) is 18.0 Å². The van der Waals surface area contributed by atoms with E-state index in [9.17, 15) is 9.59 Å². The van der Waals surface area contributed by atoms with Crippen LogP contribution in [-0.2, 0) is 19.1 Å². The second kappa shape index (κ2) is 5.10. The molecule has 4 nitrogen and oxygen atoms in total. The van der Waals surface area contributed by atoms with Crippen LogP contribution in [0.5, 0.6) is 0 Å². The van der Waals surface area contributed by atoms with E-state index in [4.69, 9.17) is 9.47 Å². The Hall–Kier alpha value is -0.900. The molecule has 0 aromatic rings. The lowest BCUT2D eigenvalue weighted by Crippen LogP contribution is -2.33. The van der Waals surface area contributed by atoms with Gasteiger partial charge in [0.1, 0.15) is 18.5 Å². The van der Waals surface area contributed by atoms with E-state index in [1.54, 1.807) is 0 Å². The van der Waals surface area contributed by atoms with Gasteiger partial charge in [0, 0.05) is 13.5 Å². The lowest BCUT2D eigenvalue weighted by atomic mass is 9.97. The molecule has 1 fully saturated rings. The van der Waals surface area contributed by atoms with Crippen LogP contribution in [0.15, 0.2) is 0 Å². The third-order valence-electron chi connectivity index (χ3n) is 2.56. The minimum absolute atomic E-state index is 0.0107. The fraction of sp³-hybridized carbons (Fsp3) is 0.800. The highest BCUT2D eigenvalue weighted by Crippen LogP contribution is 2.22. The van der Waals surface area contributed by atoms with Crippen LogP contribution in [0.1, 0.15) is 26.2 Å². The Morgan fingerprint density at radius 2 is 2.36 bits per heavy atom. The number of methoxy groups -OCH3 is 1. The highest BCUT2D eigenvalue weighted by atomic mass is 16.5. The maximum absolute atomic E-state index is 11.2. The minimum Gasteiger partial charge on any atom is -0.462 e. The van der Waals surface area contributed by atoms with Crippen molar-refractivity contribution in [3.63, 3.8) is 0 Å². The van der Waals surface area contributed by atoms with Crippen LogP contribution >= 0.6 is 0 Å². The molecule has 0 aromatic carbocycles. The van der Waals surface area contributed by atoms with Gasteiger partial charge in [0.25, 0.3) is 0 Å². The molecule has 0 unspecified atom stereocenters. The van der Waals surface area contributed by atoms with E-state index in [1.165, 1.54) is 7.11 Å². The number of hydrogen-bond donors (Lipinski definition) is 0. The van der Waals surface area contributed by atoms with Crippen molar-refractivity contribution < 1.29 is 19.1 Å². The minimum atomic E-state index is -0.457. The number of hydrogen-bond acceptors (Lipinski definition) is 4. The number of carbonyl (C=O) groups is 2. The van der Waals surface area contributed by atoms with Crippen LogP contribution in [-0.4, -0.2) is 31.6 Å². The molecule has 0 bridgehead atoms. The first-order valence-corrected chi connectivity index (χ1v) is 4.86. The molecule has 14 heavy (non-hydrogen) atoms. The van der Waals surface area contributed by atoms with Crippen molar-refractivity contribution in [1.82, 2.24) is 0 Å². The Morgan fingerprint density at radius 3 is 2.86 bits per heavy atom. The average molecular weight is 200 g/mol. The highest BCUT2D eigenvalue weighted by molar-refractivity contribution is 5.72. The maximum Gasteiger partial charge on any atom is 0.308 e. The smallest absolute Gasteiger partial charge is 0.308 e. The van der Waals surface area contributed by atoms with Gasteiger partial charge in [0.2, 0.25) is 0 Å². The summed E-state index contributed by atoms with van der Waals surface area (Å²) in [5.41, 5.74) is 0. The first-order valence-electron chi connectivity index (χ1n) is 4.86. The molecule has 0 aromatic heterocycles. The van der Waals surface area contributed by atoms with E-state index in [0.717, 1.165) is 19.1 Å². The van der Waals surface area contributed by atoms with Gasteiger partial charge in [-0.05, 0) is 12.8 Å². The molecule has 4 heteroatoms. The molecular weight excluding hydrogens is 184 g/mol. The molecule has 0 spiro atoms. The van der Waals surface area contributed by atoms with Gasteiger partial charge in [-0.25, -0.2) is 0 Å². The lowest BCUT2D eigenvalue weighted by Gasteiger charge is -2.27. The third-order valence-corrected chi connectivity index (χ3v) is 2.56. The lowest BCUT2D eigenvalue weighted by molar-refractivity contribution is -0.161. The average Bonchev–Trinajstić information content (AvgIpc) is 2.19. The van der Waals surface area contributed by atoms with E-state index in [0.29, 0.717) is 6.42 Å². The molecule has 1 aliphatic rings. The van der Waals surface area contributed by atoms with Gasteiger partial charge < -0.3 is 14.3 Å². The van der Waals surface area contributed by atoms with Crippen LogP contribution in [0, 0.1) is 5.92 Å². The standard InChI is InChI=1S/C10H16O4/c1-7-3-4-8(14-10(7)12)5-9(6-11)13-2/h6-9H,3-5H2,1-2H3/t7-,8+,9+/m1/s1. The molecule has 1 aliphatic heterocycles. The summed E-state index contributed by atoms with van der Waals surface area (Å²) in [6.45, 7) is 1.85. The molecule has 0 amide bonds. The zero-order chi connectivity index (χ0) is 10.6. The summed E-state index contributed by atoms with van der Waals surface area (Å²) in [5.74, 6) is -0.175. The van der Waals surface area contributed by atoms with Crippen LogP contribution < -0.4 is 0 Å². The van der Waals surface area contributed by atoms with Crippen LogP contribution in [0.2, 0.25) is 0 Å². The molecule has 0 N–H and O–H groups in total. The van der Waals surface area contributed by atoms with Gasteiger partial charge in [-0.3, -0.25) is 4.79 Å². The van der Waals surface area contributed by atoms with E-state index in [2.05, 4.69) is 0 Å². The van der Waals surface area contributed by atoms with Gasteiger partial charge in [-0.1, -0.05) is 6.92 Å². The summed E-state index contributed by atoms with van der Waals surface area (Å²) < 4.78 is 10.1. The normalized spacial score (nSPS) is 29.4. The van der Waals surface area contributed by atoms with Crippen molar-refractivity contribution >= 4 is 12.3 Å². The predicted octanol–water partition coefficient (Wildman–Crippen LogP) is 0.932. The molecule has 80 valence electrons. The SMILES string of the molecule is CO[C@H](C=O)C[C@@H]1CC[C@@H](C)C(=O)O1. The van der Waals surface area contributed by atoms with Crippen molar-refractivity contribution in [2.45, 2.75) is 38.4 Å². The molecular formula is C10H16O4. The topological polar surface area (TPSA) is 52.6 Å². The van der Waals surface area contributed by atoms with Gasteiger partial charge in [-0.2, -0.15) is 0 Å². The summed E-state index contributed by atoms with van der Waals surface area (Å²) in [4.78, 5) is 21.7. The van der Waals surface area contributed by atoms with Crippen molar-refractivity contribution in [1.29, 1.82) is 0 Å². The summed E-state index contributed by atoms with van der Waals surface area (Å²) in [6.07, 6.45) is 2.25. The summed E-state index contributed by atoms with van der Waals surface area (Å²) in [6, 6.07) is 0. The highest BCUT2D eigenvalue weighted by Gasteiger charge is 2.28. The number of ether oxygens (including phenoxy) is 2. The van der Waals surface area contributed by atoms with Gasteiger partial charge in [0.15, 0.2) is 0 Å². The first kappa shape index (κ1) is 11.2. The zero-order valence-electron chi connectivity index (χ0n) is 8.56. The Morgan fingerprint density at radius 1 is 1.64 bits per heavy atom. The van der Waals surface area contributed by atoms with Crippen LogP contribution in [0.3, 0.4) is 0 Å². The van der Waals surface area contributed by atoms with Gasteiger partial charge in [-0.15, -0.1) is 0 Å². The Bertz CT molecular complexity index is 214. The van der Waals surface area contributed by atoms with Crippen molar-refractivity contribution in [2.24, 2.45) is 5.92 Å². The third kappa shape index (κ3) is 2.80. The molecule has 3 atom stereocenters. The largest absolute Gasteiger partial charge is 0.462 e. The number of aldehydes is 1. The van der Waals surface area contributed by atoms with Crippen LogP contribution in [0.4, 0.5) is 0 Å². The van der Waals surface area contributed by atoms with Crippen molar-refractivity contribution in [2.75, 3.05) is 7.11 Å². The molecule has 0 radical (unpaired) electrons. The summed E-state index contributed by atoms with van der Waals surface area (Å²) in [5, 5.41) is 0. The second-order valence-electron chi connectivity index (χ2n) is 3.68. The Kier molecular flexibility index (Phi) is 4.07. The van der Waals surface area contributed by atoms with Crippen molar-refractivity contribution in [3.05, 3.63) is 0 Å². The zero-order valence-corrected chi connectivity index (χ0v) is 8.56. The molecule has 1 heterocycles. The van der Waals surface area contributed by atoms with Crippen molar-refractivity contribution in [3.8, 4) is 0 Å². The monoisotopic (exact) mass is 200 g/mol. The van der Waals surface area contributed by atoms with Gasteiger partial charge in [0.05, 0.1) is 5.92 Å². The molecule has 0 aliphatic carbocycles. The second-order valence-corrected chi connectivity index (χ2v) is 3.68. The fourth-order valence-electron chi connectivity index (χ4n) is 1.53. The molecule has 1 saturated heterocycles. The Balaban J connectivity index is 2.39. The van der Waals surface area contributed by atoms with Crippen LogP contribution in [0.25, 0.3) is 0 Å². The number of cyclic esters (lactones) is 1. The van der Waals surface area contributed by atoms with E-state index in [1.807, 2.05) is 6.92 Å². The summed E-state index contributed by atoms with van der Waals surface area (Å²) in [7, 11) is 1.48. The fourth-order valence-corrected chi connectivity index (χ4v) is 1.53. The van der Waals surface area contributed by atoms with Gasteiger partial charge >= 0.3 is 5.97 Å². The quantitative estimate of drug-likeness (QED) is 0.500. The Labute approximate surface area is 83.6 Å². The first-order chi connectivity index (χ1) is 6.67. The predicted molar refractivity (Wildman–Crippen MR) is 49.8 cm³/mol. The van der Waals surface area contributed by atoms with E-state index < -0.39 is 6.10 Å². The molecule has 0 saturated carbocycles. The van der Waals surface area contributed by atoms with E-state index >= 15 is 0 Å². The number of esters is 1. The summed E-state index contributed by atoms with van der Waals surface area (Å²) >= 11 is 0. The maximum atomic E-state index is 11.2.